The number of pyridine rings is 1. The molecule has 0 saturated carbocycles. The second-order valence-corrected chi connectivity index (χ2v) is 11.2. The Bertz CT molecular complexity index is 1870. The van der Waals surface area contributed by atoms with Gasteiger partial charge >= 0.3 is 18.2 Å². The number of carboxylic acids is 1. The quantitative estimate of drug-likeness (QED) is 0.169. The van der Waals surface area contributed by atoms with E-state index in [4.69, 9.17) is 21.5 Å². The van der Waals surface area contributed by atoms with Crippen molar-refractivity contribution in [2.75, 3.05) is 17.7 Å². The Hall–Kier alpha value is -5.51. The van der Waals surface area contributed by atoms with Crippen molar-refractivity contribution in [1.82, 2.24) is 20.1 Å². The molecule has 1 aliphatic rings. The molecule has 17 heteroatoms. The summed E-state index contributed by atoms with van der Waals surface area (Å²) in [6.45, 7) is 1.84. The molecule has 3 amide bonds. The first-order valence-electron chi connectivity index (χ1n) is 14.5. The summed E-state index contributed by atoms with van der Waals surface area (Å²) in [6, 6.07) is 12.9. The lowest BCUT2D eigenvalue weighted by Crippen LogP contribution is -2.29. The number of rotatable bonds is 4. The SMILES string of the molecule is COC(=O)Nc1ccc2c(c1)NC(=O)C(C)CCC[C@H](NC(=O)c1cnn(-c3cccc(Cl)c3F)c1)c1ccnc-2c1.O=C(O)C(F)(F)F. The van der Waals surface area contributed by atoms with E-state index in [1.54, 1.807) is 30.5 Å². The van der Waals surface area contributed by atoms with E-state index < -0.39 is 30.1 Å². The van der Waals surface area contributed by atoms with Crippen molar-refractivity contribution in [3.8, 4) is 16.9 Å². The summed E-state index contributed by atoms with van der Waals surface area (Å²) < 4.78 is 52.2. The summed E-state index contributed by atoms with van der Waals surface area (Å²) in [5, 5.41) is 19.9. The molecule has 2 bridgehead atoms. The Kier molecular flexibility index (Phi) is 11.6. The fourth-order valence-corrected chi connectivity index (χ4v) is 4.92. The van der Waals surface area contributed by atoms with Crippen molar-refractivity contribution in [2.45, 2.75) is 38.4 Å². The maximum Gasteiger partial charge on any atom is 0.490 e. The fourth-order valence-electron chi connectivity index (χ4n) is 4.75. The van der Waals surface area contributed by atoms with Crippen LogP contribution in [0.25, 0.3) is 16.9 Å². The van der Waals surface area contributed by atoms with Gasteiger partial charge in [0.05, 0.1) is 41.3 Å². The third-order valence-corrected chi connectivity index (χ3v) is 7.61. The van der Waals surface area contributed by atoms with E-state index in [2.05, 4.69) is 30.8 Å². The molecule has 2 aromatic carbocycles. The summed E-state index contributed by atoms with van der Waals surface area (Å²) in [4.78, 5) is 51.6. The summed E-state index contributed by atoms with van der Waals surface area (Å²) >= 11 is 5.91. The maximum absolute atomic E-state index is 14.5. The molecule has 4 N–H and O–H groups in total. The maximum atomic E-state index is 14.5. The summed E-state index contributed by atoms with van der Waals surface area (Å²) in [5.41, 5.74) is 3.34. The number of benzene rings is 2. The van der Waals surface area contributed by atoms with E-state index in [0.717, 1.165) is 5.56 Å². The lowest BCUT2D eigenvalue weighted by Gasteiger charge is -2.22. The predicted octanol–water partition coefficient (Wildman–Crippen LogP) is 6.77. The molecule has 1 unspecified atom stereocenters. The second kappa shape index (κ2) is 15.6. The molecule has 49 heavy (non-hydrogen) atoms. The van der Waals surface area contributed by atoms with Crippen LogP contribution in [0.1, 0.15) is 48.1 Å². The van der Waals surface area contributed by atoms with Gasteiger partial charge in [0.15, 0.2) is 5.82 Å². The Morgan fingerprint density at radius 1 is 1.12 bits per heavy atom. The Morgan fingerprint density at radius 3 is 2.55 bits per heavy atom. The van der Waals surface area contributed by atoms with Crippen LogP contribution in [0.3, 0.4) is 0 Å². The fraction of sp³-hybridized carbons (Fsp3) is 0.250. The molecule has 0 aliphatic carbocycles. The van der Waals surface area contributed by atoms with Gasteiger partial charge in [-0.15, -0.1) is 0 Å². The van der Waals surface area contributed by atoms with E-state index in [-0.39, 0.29) is 34.0 Å². The number of halogens is 5. The number of nitrogens with one attached hydrogen (secondary N) is 3. The highest BCUT2D eigenvalue weighted by atomic mass is 35.5. The highest BCUT2D eigenvalue weighted by Crippen LogP contribution is 2.33. The zero-order chi connectivity index (χ0) is 35.9. The number of nitrogens with zero attached hydrogens (tertiary/aromatic N) is 3. The van der Waals surface area contributed by atoms with E-state index in [1.165, 1.54) is 36.3 Å². The van der Waals surface area contributed by atoms with Gasteiger partial charge in [-0.05, 0) is 60.9 Å². The van der Waals surface area contributed by atoms with Crippen LogP contribution in [0, 0.1) is 11.7 Å². The number of carbonyl (C=O) groups is 4. The minimum Gasteiger partial charge on any atom is -0.475 e. The van der Waals surface area contributed by atoms with Gasteiger partial charge in [0.1, 0.15) is 5.69 Å². The van der Waals surface area contributed by atoms with Gasteiger partial charge in [-0.1, -0.05) is 31.0 Å². The standard InChI is InChI=1S/C30H28ClFN6O4.C2HF3O2/c1-17-5-3-7-23(36-29(40)19-15-34-38(16-19)26-8-4-6-22(31)27(26)32)18-11-12-33-24(13-18)21-10-9-20(35-30(41)42-2)14-25(21)37-28(17)39;3-2(4,5)1(6)7/h4,6,8-17,23H,3,5,7H2,1-2H3,(H,35,41)(H,36,40)(H,37,39);(H,6,7)/t17?,23-;/m0./s1. The number of methoxy groups -OCH3 is 1. The third kappa shape index (κ3) is 9.31. The second-order valence-electron chi connectivity index (χ2n) is 10.7. The van der Waals surface area contributed by atoms with Crippen LogP contribution in [-0.2, 0) is 14.3 Å². The first kappa shape index (κ1) is 36.3. The largest absolute Gasteiger partial charge is 0.490 e. The molecule has 0 radical (unpaired) electrons. The molecule has 0 saturated heterocycles. The predicted molar refractivity (Wildman–Crippen MR) is 170 cm³/mol. The third-order valence-electron chi connectivity index (χ3n) is 7.32. The van der Waals surface area contributed by atoms with Crippen LogP contribution in [0.5, 0.6) is 0 Å². The van der Waals surface area contributed by atoms with Gasteiger partial charge < -0.3 is 20.5 Å². The summed E-state index contributed by atoms with van der Waals surface area (Å²) in [6.07, 6.45) is 0.539. The van der Waals surface area contributed by atoms with Gasteiger partial charge in [0.2, 0.25) is 5.91 Å². The minimum absolute atomic E-state index is 0.0452. The van der Waals surface area contributed by atoms with Crippen molar-refractivity contribution < 1.29 is 46.6 Å². The molecule has 4 aromatic rings. The zero-order valence-corrected chi connectivity index (χ0v) is 26.6. The van der Waals surface area contributed by atoms with Crippen molar-refractivity contribution in [3.63, 3.8) is 0 Å². The van der Waals surface area contributed by atoms with Crippen LogP contribution in [0.15, 0.2) is 67.1 Å². The Balaban J connectivity index is 0.000000698. The van der Waals surface area contributed by atoms with E-state index in [1.807, 2.05) is 19.1 Å². The molecular formula is C32H29ClF4N6O6. The first-order chi connectivity index (χ1) is 23.2. The van der Waals surface area contributed by atoms with Crippen molar-refractivity contribution in [3.05, 3.63) is 89.1 Å². The molecule has 2 aromatic heterocycles. The van der Waals surface area contributed by atoms with Crippen LogP contribution in [-0.4, -0.2) is 57.0 Å². The van der Waals surface area contributed by atoms with Crippen LogP contribution in [0.4, 0.5) is 33.7 Å². The number of carbonyl (C=O) groups excluding carboxylic acids is 3. The number of hydrogen-bond acceptors (Lipinski definition) is 7. The number of anilines is 2. The average molecular weight is 705 g/mol. The Morgan fingerprint density at radius 2 is 1.86 bits per heavy atom. The number of aliphatic carboxylic acids is 1. The van der Waals surface area contributed by atoms with Gasteiger partial charge in [0.25, 0.3) is 5.91 Å². The summed E-state index contributed by atoms with van der Waals surface area (Å²) in [7, 11) is 1.27. The number of aromatic nitrogens is 3. The van der Waals surface area contributed by atoms with Crippen LogP contribution < -0.4 is 16.0 Å². The smallest absolute Gasteiger partial charge is 0.475 e. The lowest BCUT2D eigenvalue weighted by atomic mass is 9.94. The molecule has 5 rings (SSSR count). The molecular weight excluding hydrogens is 676 g/mol. The van der Waals surface area contributed by atoms with Crippen molar-refractivity contribution in [1.29, 1.82) is 0 Å². The van der Waals surface area contributed by atoms with Crippen LogP contribution >= 0.6 is 11.6 Å². The monoisotopic (exact) mass is 704 g/mol. The van der Waals surface area contributed by atoms with Crippen molar-refractivity contribution in [2.24, 2.45) is 5.92 Å². The van der Waals surface area contributed by atoms with Gasteiger partial charge in [0, 0.05) is 29.6 Å². The Labute approximate surface area is 281 Å². The van der Waals surface area contributed by atoms with Crippen LogP contribution in [0.2, 0.25) is 5.02 Å². The number of amides is 3. The highest BCUT2D eigenvalue weighted by molar-refractivity contribution is 6.30. The van der Waals surface area contributed by atoms with Gasteiger partial charge in [-0.3, -0.25) is 19.9 Å². The molecule has 0 fully saturated rings. The summed E-state index contributed by atoms with van der Waals surface area (Å²) in [5.74, 6) is -4.27. The molecule has 1 aliphatic heterocycles. The highest BCUT2D eigenvalue weighted by Gasteiger charge is 2.38. The molecule has 12 nitrogen and oxygen atoms in total. The number of ether oxygens (including phenoxy) is 1. The zero-order valence-electron chi connectivity index (χ0n) is 25.8. The number of alkyl halides is 3. The molecule has 0 spiro atoms. The first-order valence-corrected chi connectivity index (χ1v) is 14.9. The molecule has 258 valence electrons. The molecule has 3 heterocycles. The van der Waals surface area contributed by atoms with E-state index >= 15 is 0 Å². The average Bonchev–Trinajstić information content (AvgIpc) is 3.55. The van der Waals surface area contributed by atoms with Gasteiger partial charge in [-0.2, -0.15) is 18.3 Å². The number of hydrogen-bond donors (Lipinski definition) is 4. The minimum atomic E-state index is -5.08. The normalized spacial score (nSPS) is 15.9. The van der Waals surface area contributed by atoms with Crippen molar-refractivity contribution >= 4 is 46.9 Å². The molecule has 2 atom stereocenters. The van der Waals surface area contributed by atoms with E-state index in [0.29, 0.717) is 41.9 Å². The number of fused-ring (bicyclic) bond motifs is 4. The number of carboxylic acid groups (broad SMARTS) is 1. The van der Waals surface area contributed by atoms with Gasteiger partial charge in [-0.25, -0.2) is 18.7 Å². The topological polar surface area (TPSA) is 165 Å². The van der Waals surface area contributed by atoms with E-state index in [9.17, 15) is 31.9 Å². The lowest BCUT2D eigenvalue weighted by molar-refractivity contribution is -0.192.